The predicted octanol–water partition coefficient (Wildman–Crippen LogP) is 3.36. The number of rotatable bonds is 5. The SMILES string of the molecule is O=C(CCC1CCCCC1)N1CCN(c2ncnc3c2nnn3-c2ccc(F)cc2)CC1. The molecule has 2 fully saturated rings. The van der Waals surface area contributed by atoms with Crippen LogP contribution in [0.3, 0.4) is 0 Å². The van der Waals surface area contributed by atoms with Crippen LogP contribution in [0.15, 0.2) is 30.6 Å². The van der Waals surface area contributed by atoms with Crippen LogP contribution >= 0.6 is 0 Å². The van der Waals surface area contributed by atoms with Crippen molar-refractivity contribution in [2.45, 2.75) is 44.9 Å². The fourth-order valence-electron chi connectivity index (χ4n) is 4.85. The van der Waals surface area contributed by atoms with E-state index < -0.39 is 0 Å². The average Bonchev–Trinajstić information content (AvgIpc) is 3.28. The first-order valence-corrected chi connectivity index (χ1v) is 11.5. The largest absolute Gasteiger partial charge is 0.351 e. The maximum atomic E-state index is 13.3. The third-order valence-electron chi connectivity index (χ3n) is 6.71. The Morgan fingerprint density at radius 2 is 1.75 bits per heavy atom. The van der Waals surface area contributed by atoms with Gasteiger partial charge in [0.1, 0.15) is 12.1 Å². The lowest BCUT2D eigenvalue weighted by Gasteiger charge is -2.35. The van der Waals surface area contributed by atoms with Gasteiger partial charge in [0.2, 0.25) is 5.91 Å². The van der Waals surface area contributed by atoms with E-state index >= 15 is 0 Å². The van der Waals surface area contributed by atoms with E-state index in [2.05, 4.69) is 25.2 Å². The summed E-state index contributed by atoms with van der Waals surface area (Å²) in [7, 11) is 0. The van der Waals surface area contributed by atoms with Gasteiger partial charge in [-0.3, -0.25) is 4.79 Å². The molecule has 0 N–H and O–H groups in total. The van der Waals surface area contributed by atoms with Crippen molar-refractivity contribution in [2.75, 3.05) is 31.1 Å². The number of fused-ring (bicyclic) bond motifs is 1. The summed E-state index contributed by atoms with van der Waals surface area (Å²) in [6.45, 7) is 2.76. The summed E-state index contributed by atoms with van der Waals surface area (Å²) < 4.78 is 14.9. The number of amides is 1. The van der Waals surface area contributed by atoms with Crippen molar-refractivity contribution >= 4 is 22.9 Å². The highest BCUT2D eigenvalue weighted by molar-refractivity contribution is 5.84. The molecule has 5 rings (SSSR count). The number of benzene rings is 1. The molecule has 1 saturated heterocycles. The molecule has 0 unspecified atom stereocenters. The number of piperazine rings is 1. The fourth-order valence-corrected chi connectivity index (χ4v) is 4.85. The molecule has 1 amide bonds. The van der Waals surface area contributed by atoms with Crippen LogP contribution < -0.4 is 4.90 Å². The van der Waals surface area contributed by atoms with E-state index in [4.69, 9.17) is 0 Å². The van der Waals surface area contributed by atoms with Gasteiger partial charge in [-0.25, -0.2) is 14.4 Å². The zero-order chi connectivity index (χ0) is 21.9. The topological polar surface area (TPSA) is 80.0 Å². The molecule has 0 atom stereocenters. The Labute approximate surface area is 186 Å². The second-order valence-corrected chi connectivity index (χ2v) is 8.76. The Balaban J connectivity index is 1.24. The maximum absolute atomic E-state index is 13.3. The quantitative estimate of drug-likeness (QED) is 0.609. The van der Waals surface area contributed by atoms with Crippen LogP contribution in [-0.4, -0.2) is 61.9 Å². The first-order valence-electron chi connectivity index (χ1n) is 11.5. The highest BCUT2D eigenvalue weighted by Crippen LogP contribution is 2.28. The maximum Gasteiger partial charge on any atom is 0.222 e. The highest BCUT2D eigenvalue weighted by Gasteiger charge is 2.25. The Hall–Kier alpha value is -3.10. The van der Waals surface area contributed by atoms with Gasteiger partial charge in [-0.05, 0) is 36.6 Å². The second-order valence-electron chi connectivity index (χ2n) is 8.76. The number of carbonyl (C=O) groups is 1. The van der Waals surface area contributed by atoms with Crippen LogP contribution in [0.25, 0.3) is 16.9 Å². The molecule has 1 aromatic carbocycles. The summed E-state index contributed by atoms with van der Waals surface area (Å²) in [5.74, 6) is 1.41. The second kappa shape index (κ2) is 9.18. The van der Waals surface area contributed by atoms with Gasteiger partial charge in [-0.2, -0.15) is 4.68 Å². The minimum Gasteiger partial charge on any atom is -0.351 e. The summed E-state index contributed by atoms with van der Waals surface area (Å²) in [5.41, 5.74) is 1.87. The van der Waals surface area contributed by atoms with E-state index in [9.17, 15) is 9.18 Å². The monoisotopic (exact) mass is 437 g/mol. The normalized spacial score (nSPS) is 17.8. The first-order chi connectivity index (χ1) is 15.7. The van der Waals surface area contributed by atoms with Gasteiger partial charge >= 0.3 is 0 Å². The van der Waals surface area contributed by atoms with Crippen LogP contribution in [-0.2, 0) is 4.79 Å². The van der Waals surface area contributed by atoms with Gasteiger partial charge in [0.15, 0.2) is 17.0 Å². The molecule has 2 aromatic heterocycles. The number of carbonyl (C=O) groups excluding carboxylic acids is 1. The average molecular weight is 438 g/mol. The van der Waals surface area contributed by atoms with Gasteiger partial charge in [-0.15, -0.1) is 5.10 Å². The van der Waals surface area contributed by atoms with Crippen molar-refractivity contribution in [3.05, 3.63) is 36.4 Å². The van der Waals surface area contributed by atoms with E-state index in [-0.39, 0.29) is 11.7 Å². The molecule has 32 heavy (non-hydrogen) atoms. The standard InChI is InChI=1S/C23H28FN7O/c24-18-7-9-19(10-8-18)31-23-21(27-28-31)22(25-16-26-23)30-14-12-29(13-15-30)20(32)11-6-17-4-2-1-3-5-17/h7-10,16-17H,1-6,11-15H2. The smallest absolute Gasteiger partial charge is 0.222 e. The minimum atomic E-state index is -0.306. The van der Waals surface area contributed by atoms with Gasteiger partial charge in [0.25, 0.3) is 0 Å². The molecular weight excluding hydrogens is 409 g/mol. The van der Waals surface area contributed by atoms with Gasteiger partial charge in [0.05, 0.1) is 5.69 Å². The molecule has 8 nitrogen and oxygen atoms in total. The third kappa shape index (κ3) is 4.28. The van der Waals surface area contributed by atoms with Crippen molar-refractivity contribution in [3.63, 3.8) is 0 Å². The predicted molar refractivity (Wildman–Crippen MR) is 119 cm³/mol. The Kier molecular flexibility index (Phi) is 5.96. The Morgan fingerprint density at radius 1 is 1.00 bits per heavy atom. The number of nitrogens with zero attached hydrogens (tertiary/aromatic N) is 7. The van der Waals surface area contributed by atoms with Crippen LogP contribution in [0, 0.1) is 11.7 Å². The Morgan fingerprint density at radius 3 is 2.50 bits per heavy atom. The molecule has 0 spiro atoms. The molecule has 3 aromatic rings. The minimum absolute atomic E-state index is 0.269. The van der Waals surface area contributed by atoms with Crippen molar-refractivity contribution in [3.8, 4) is 5.69 Å². The molecule has 1 aliphatic heterocycles. The number of aromatic nitrogens is 5. The summed E-state index contributed by atoms with van der Waals surface area (Å²) in [5, 5.41) is 8.51. The lowest BCUT2D eigenvalue weighted by molar-refractivity contribution is -0.131. The van der Waals surface area contributed by atoms with Crippen molar-refractivity contribution in [1.29, 1.82) is 0 Å². The molecule has 0 bridgehead atoms. The van der Waals surface area contributed by atoms with Crippen LogP contribution in [0.5, 0.6) is 0 Å². The summed E-state index contributed by atoms with van der Waals surface area (Å²) >= 11 is 0. The van der Waals surface area contributed by atoms with Crippen LogP contribution in [0.2, 0.25) is 0 Å². The molecule has 1 saturated carbocycles. The van der Waals surface area contributed by atoms with E-state index in [1.54, 1.807) is 16.8 Å². The molecule has 2 aliphatic rings. The van der Waals surface area contributed by atoms with Gasteiger partial charge in [0, 0.05) is 32.6 Å². The van der Waals surface area contributed by atoms with Crippen LogP contribution in [0.1, 0.15) is 44.9 Å². The van der Waals surface area contributed by atoms with Gasteiger partial charge < -0.3 is 9.80 Å². The third-order valence-corrected chi connectivity index (χ3v) is 6.71. The molecular formula is C23H28FN7O. The van der Waals surface area contributed by atoms with E-state index in [0.29, 0.717) is 49.5 Å². The summed E-state index contributed by atoms with van der Waals surface area (Å²) in [4.78, 5) is 25.6. The molecule has 168 valence electrons. The van der Waals surface area contributed by atoms with E-state index in [1.807, 2.05) is 4.90 Å². The molecule has 0 radical (unpaired) electrons. The number of hydrogen-bond donors (Lipinski definition) is 0. The summed E-state index contributed by atoms with van der Waals surface area (Å²) in [6.07, 6.45) is 9.73. The number of hydrogen-bond acceptors (Lipinski definition) is 6. The summed E-state index contributed by atoms with van der Waals surface area (Å²) in [6, 6.07) is 6.05. The Bertz CT molecular complexity index is 1070. The lowest BCUT2D eigenvalue weighted by Crippen LogP contribution is -2.49. The number of halogens is 1. The fraction of sp³-hybridized carbons (Fsp3) is 0.522. The number of anilines is 1. The van der Waals surface area contributed by atoms with E-state index in [1.165, 1.54) is 50.6 Å². The first kappa shape index (κ1) is 20.8. The zero-order valence-corrected chi connectivity index (χ0v) is 18.2. The molecule has 9 heteroatoms. The molecule has 1 aliphatic carbocycles. The van der Waals surface area contributed by atoms with Crippen molar-refractivity contribution < 1.29 is 9.18 Å². The highest BCUT2D eigenvalue weighted by atomic mass is 19.1. The van der Waals surface area contributed by atoms with E-state index in [0.717, 1.165) is 18.2 Å². The van der Waals surface area contributed by atoms with Crippen LogP contribution in [0.4, 0.5) is 10.2 Å². The van der Waals surface area contributed by atoms with Crippen molar-refractivity contribution in [1.82, 2.24) is 29.9 Å². The van der Waals surface area contributed by atoms with Gasteiger partial charge in [-0.1, -0.05) is 37.3 Å². The zero-order valence-electron chi connectivity index (χ0n) is 18.2. The van der Waals surface area contributed by atoms with Crippen molar-refractivity contribution in [2.24, 2.45) is 5.92 Å². The lowest BCUT2D eigenvalue weighted by atomic mass is 9.86. The molecule has 3 heterocycles.